The lowest BCUT2D eigenvalue weighted by Crippen LogP contribution is -2.34. The Morgan fingerprint density at radius 3 is 2.72 bits per heavy atom. The van der Waals surface area contributed by atoms with Crippen LogP contribution in [0, 0.1) is 12.7 Å². The van der Waals surface area contributed by atoms with Gasteiger partial charge in [-0.2, -0.15) is 12.7 Å². The molecule has 3 aromatic rings. The van der Waals surface area contributed by atoms with E-state index in [4.69, 9.17) is 16.3 Å². The number of benzene rings is 2. The molecule has 0 spiro atoms. The van der Waals surface area contributed by atoms with Gasteiger partial charge in [0.2, 0.25) is 0 Å². The van der Waals surface area contributed by atoms with Crippen molar-refractivity contribution >= 4 is 38.4 Å². The van der Waals surface area contributed by atoms with Gasteiger partial charge < -0.3 is 9.30 Å². The van der Waals surface area contributed by atoms with Crippen LogP contribution in [0.2, 0.25) is 5.02 Å². The number of fused-ring (bicyclic) bond motifs is 1. The third kappa shape index (κ3) is 4.03. The van der Waals surface area contributed by atoms with Gasteiger partial charge >= 0.3 is 10.2 Å². The van der Waals surface area contributed by atoms with Crippen LogP contribution >= 0.6 is 11.6 Å². The molecule has 2 heterocycles. The highest BCUT2D eigenvalue weighted by molar-refractivity contribution is 7.90. The molecule has 0 bridgehead atoms. The highest BCUT2D eigenvalue weighted by atomic mass is 35.5. The number of anilines is 1. The Bertz CT molecular complexity index is 1380. The number of aromatic nitrogens is 2. The summed E-state index contributed by atoms with van der Waals surface area (Å²) in [6.07, 6.45) is 0.247. The molecule has 2 aromatic carbocycles. The van der Waals surface area contributed by atoms with E-state index in [0.717, 1.165) is 16.4 Å². The average Bonchev–Trinajstić information content (AvgIpc) is 3.19. The van der Waals surface area contributed by atoms with Crippen LogP contribution in [0.1, 0.15) is 12.0 Å². The lowest BCUT2D eigenvalue weighted by molar-refractivity contribution is 0.343. The highest BCUT2D eigenvalue weighted by Gasteiger charge is 2.32. The summed E-state index contributed by atoms with van der Waals surface area (Å²) in [5, 5.41) is -0.0149. The molecule has 1 unspecified atom stereocenters. The number of rotatable bonds is 5. The Labute approximate surface area is 187 Å². The van der Waals surface area contributed by atoms with E-state index in [1.807, 2.05) is 0 Å². The topological polar surface area (TPSA) is 93.5 Å². The molecule has 4 rings (SSSR count). The van der Waals surface area contributed by atoms with Crippen LogP contribution in [0.15, 0.2) is 35.4 Å². The fourth-order valence-corrected chi connectivity index (χ4v) is 5.04. The van der Waals surface area contributed by atoms with E-state index in [9.17, 15) is 22.0 Å². The molecule has 1 aromatic heterocycles. The summed E-state index contributed by atoms with van der Waals surface area (Å²) in [5.74, 6) is -1.09. The molecule has 32 heavy (non-hydrogen) atoms. The summed E-state index contributed by atoms with van der Waals surface area (Å²) in [6.45, 7) is 1.38. The molecular formula is C20H19ClF2N4O4S. The van der Waals surface area contributed by atoms with Crippen molar-refractivity contribution in [1.29, 1.82) is 0 Å². The van der Waals surface area contributed by atoms with Crippen LogP contribution in [0.3, 0.4) is 0 Å². The Morgan fingerprint density at radius 2 is 2.03 bits per heavy atom. The maximum absolute atomic E-state index is 14.6. The normalized spacial score (nSPS) is 17.1. The number of aryl methyl sites for hydroxylation is 2. The van der Waals surface area contributed by atoms with E-state index in [1.54, 1.807) is 20.0 Å². The summed E-state index contributed by atoms with van der Waals surface area (Å²) < 4.78 is 63.3. The molecule has 0 saturated carbocycles. The van der Waals surface area contributed by atoms with Crippen molar-refractivity contribution in [2.45, 2.75) is 19.5 Å². The van der Waals surface area contributed by atoms with Crippen molar-refractivity contribution in [3.05, 3.63) is 57.3 Å². The minimum absolute atomic E-state index is 0.0257. The van der Waals surface area contributed by atoms with Gasteiger partial charge in [-0.3, -0.25) is 9.52 Å². The van der Waals surface area contributed by atoms with E-state index < -0.39 is 27.9 Å². The lowest BCUT2D eigenvalue weighted by Gasteiger charge is -2.19. The molecular weight excluding hydrogens is 466 g/mol. The van der Waals surface area contributed by atoms with Crippen molar-refractivity contribution in [2.75, 3.05) is 17.8 Å². The number of alkyl halides is 1. The van der Waals surface area contributed by atoms with Crippen LogP contribution < -0.4 is 15.0 Å². The van der Waals surface area contributed by atoms with E-state index in [0.29, 0.717) is 16.5 Å². The summed E-state index contributed by atoms with van der Waals surface area (Å²) in [6, 6.07) is 5.22. The van der Waals surface area contributed by atoms with Crippen molar-refractivity contribution in [2.24, 2.45) is 7.05 Å². The van der Waals surface area contributed by atoms with Crippen LogP contribution in [-0.2, 0) is 17.3 Å². The fourth-order valence-electron chi connectivity index (χ4n) is 3.47. The first-order valence-electron chi connectivity index (χ1n) is 9.61. The summed E-state index contributed by atoms with van der Waals surface area (Å²) in [4.78, 5) is 16.7. The van der Waals surface area contributed by atoms with Crippen LogP contribution in [0.4, 0.5) is 14.5 Å². The molecule has 1 aliphatic rings. The second-order valence-electron chi connectivity index (χ2n) is 7.43. The molecule has 1 aliphatic heterocycles. The minimum atomic E-state index is -4.09. The van der Waals surface area contributed by atoms with E-state index in [1.165, 1.54) is 17.0 Å². The van der Waals surface area contributed by atoms with Gasteiger partial charge in [0.1, 0.15) is 16.9 Å². The summed E-state index contributed by atoms with van der Waals surface area (Å²) in [5.41, 5.74) is 0.440. The summed E-state index contributed by atoms with van der Waals surface area (Å²) >= 11 is 6.27. The van der Waals surface area contributed by atoms with Crippen molar-refractivity contribution < 1.29 is 21.9 Å². The molecule has 1 fully saturated rings. The molecule has 1 N–H and O–H groups in total. The largest absolute Gasteiger partial charge is 0.452 e. The average molecular weight is 485 g/mol. The van der Waals surface area contributed by atoms with Gasteiger partial charge in [-0.05, 0) is 37.6 Å². The Kier molecular flexibility index (Phi) is 5.82. The maximum Gasteiger partial charge on any atom is 0.301 e. The zero-order chi connectivity index (χ0) is 23.2. The number of halogens is 3. The zero-order valence-electron chi connectivity index (χ0n) is 17.1. The van der Waals surface area contributed by atoms with Gasteiger partial charge in [-0.15, -0.1) is 0 Å². The van der Waals surface area contributed by atoms with Gasteiger partial charge in [0.15, 0.2) is 11.6 Å². The molecule has 0 aliphatic carbocycles. The second-order valence-corrected chi connectivity index (χ2v) is 9.48. The predicted octanol–water partition coefficient (Wildman–Crippen LogP) is 3.53. The van der Waals surface area contributed by atoms with Gasteiger partial charge in [-0.1, -0.05) is 11.6 Å². The zero-order valence-corrected chi connectivity index (χ0v) is 18.7. The number of hydrogen-bond donors (Lipinski definition) is 1. The number of ether oxygens (including phenoxy) is 1. The number of nitrogens with zero attached hydrogens (tertiary/aromatic N) is 3. The monoisotopic (exact) mass is 484 g/mol. The first-order valence-corrected chi connectivity index (χ1v) is 11.4. The van der Waals surface area contributed by atoms with Crippen LogP contribution in [0.5, 0.6) is 11.5 Å². The summed E-state index contributed by atoms with van der Waals surface area (Å²) in [7, 11) is -2.53. The molecule has 1 atom stereocenters. The Morgan fingerprint density at radius 1 is 1.28 bits per heavy atom. The van der Waals surface area contributed by atoms with Gasteiger partial charge in [0.25, 0.3) is 5.56 Å². The first kappa shape index (κ1) is 22.4. The maximum atomic E-state index is 14.6. The third-order valence-corrected chi connectivity index (χ3v) is 7.10. The fraction of sp³-hybridized carbons (Fsp3) is 0.300. The van der Waals surface area contributed by atoms with Gasteiger partial charge in [0.05, 0.1) is 22.9 Å². The quantitative estimate of drug-likeness (QED) is 0.598. The third-order valence-electron chi connectivity index (χ3n) is 5.23. The smallest absolute Gasteiger partial charge is 0.301 e. The molecule has 1 saturated heterocycles. The molecule has 0 amide bonds. The van der Waals surface area contributed by atoms with Crippen LogP contribution in [0.25, 0.3) is 10.9 Å². The Balaban J connectivity index is 1.70. The van der Waals surface area contributed by atoms with E-state index >= 15 is 0 Å². The number of nitrogens with one attached hydrogen (secondary N) is 1. The second kappa shape index (κ2) is 8.30. The standard InChI is InChI=1S/C20H19ClF2N4O4S/c1-11-16(6-5-14-17(11)20(28)26(2)10-24-14)31-19-13(23)3-4-15(18(19)21)25-32(29,30)27-8-7-12(22)9-27/h3-6,10,12,25H,7-9H2,1-2H3. The van der Waals surface area contributed by atoms with Gasteiger partial charge in [-0.25, -0.2) is 13.8 Å². The Hall–Kier alpha value is -2.76. The highest BCUT2D eigenvalue weighted by Crippen LogP contribution is 2.39. The molecule has 170 valence electrons. The minimum Gasteiger partial charge on any atom is -0.452 e. The van der Waals surface area contributed by atoms with Crippen molar-refractivity contribution in [3.63, 3.8) is 0 Å². The van der Waals surface area contributed by atoms with Crippen molar-refractivity contribution in [3.8, 4) is 11.5 Å². The molecule has 8 nitrogen and oxygen atoms in total. The van der Waals surface area contributed by atoms with E-state index in [2.05, 4.69) is 9.71 Å². The first-order chi connectivity index (χ1) is 15.1. The van der Waals surface area contributed by atoms with E-state index in [-0.39, 0.29) is 41.5 Å². The van der Waals surface area contributed by atoms with Crippen molar-refractivity contribution in [1.82, 2.24) is 13.9 Å². The predicted molar refractivity (Wildman–Crippen MR) is 117 cm³/mol. The molecule has 0 radical (unpaired) electrons. The van der Waals surface area contributed by atoms with Crippen LogP contribution in [-0.4, -0.2) is 41.5 Å². The number of hydrogen-bond acceptors (Lipinski definition) is 5. The molecule has 12 heteroatoms. The SMILES string of the molecule is Cc1c(Oc2c(F)ccc(NS(=O)(=O)N3CCC(F)C3)c2Cl)ccc2ncn(C)c(=O)c12. The lowest BCUT2D eigenvalue weighted by atomic mass is 10.1. The van der Waals surface area contributed by atoms with Gasteiger partial charge in [0, 0.05) is 25.7 Å².